The van der Waals surface area contributed by atoms with Gasteiger partial charge in [0.05, 0.1) is 18.1 Å². The Labute approximate surface area is 119 Å². The van der Waals surface area contributed by atoms with Crippen molar-refractivity contribution < 1.29 is 14.3 Å². The molecule has 17 heavy (non-hydrogen) atoms. The van der Waals surface area contributed by atoms with E-state index in [0.717, 1.165) is 3.57 Å². The Balaban J connectivity index is 3.08. The molecule has 0 aliphatic heterocycles. The molecule has 3 nitrogen and oxygen atoms in total. The van der Waals surface area contributed by atoms with Crippen molar-refractivity contribution in [3.8, 4) is 0 Å². The number of hydrogen-bond donors (Lipinski definition) is 0. The maximum absolute atomic E-state index is 11.8. The molecule has 0 heterocycles. The summed E-state index contributed by atoms with van der Waals surface area (Å²) in [6.45, 7) is 2.06. The molecular formula is C12H12ClIO3. The van der Waals surface area contributed by atoms with Crippen molar-refractivity contribution in [3.63, 3.8) is 0 Å². The Morgan fingerprint density at radius 3 is 2.71 bits per heavy atom. The van der Waals surface area contributed by atoms with Gasteiger partial charge < -0.3 is 4.74 Å². The number of carbonyl (C=O) groups excluding carboxylic acids is 2. The first-order valence-electron chi connectivity index (χ1n) is 5.12. The largest absolute Gasteiger partial charge is 0.462 e. The van der Waals surface area contributed by atoms with E-state index in [4.69, 9.17) is 16.3 Å². The van der Waals surface area contributed by atoms with E-state index < -0.39 is 5.97 Å². The molecule has 0 saturated heterocycles. The standard InChI is InChI=1S/C12H12ClIO3/c1-2-17-12(16)11-8(6-9(15)7-13)4-3-5-10(11)14/h3-5H,2,6-7H2,1H3. The lowest BCUT2D eigenvalue weighted by atomic mass is 10.0. The third-order valence-electron chi connectivity index (χ3n) is 2.12. The first kappa shape index (κ1) is 14.4. The summed E-state index contributed by atoms with van der Waals surface area (Å²) in [6.07, 6.45) is 0.161. The summed E-state index contributed by atoms with van der Waals surface area (Å²) < 4.78 is 5.76. The summed E-state index contributed by atoms with van der Waals surface area (Å²) in [5, 5.41) is 0. The van der Waals surface area contributed by atoms with E-state index in [1.807, 2.05) is 6.07 Å². The highest BCUT2D eigenvalue weighted by molar-refractivity contribution is 14.1. The lowest BCUT2D eigenvalue weighted by molar-refractivity contribution is -0.116. The second kappa shape index (κ2) is 6.96. The van der Waals surface area contributed by atoms with Crippen LogP contribution in [0.1, 0.15) is 22.8 Å². The van der Waals surface area contributed by atoms with Crippen LogP contribution in [0, 0.1) is 3.57 Å². The minimum atomic E-state index is -0.394. The smallest absolute Gasteiger partial charge is 0.339 e. The quantitative estimate of drug-likeness (QED) is 0.457. The van der Waals surface area contributed by atoms with Gasteiger partial charge in [-0.3, -0.25) is 4.79 Å². The number of ketones is 1. The van der Waals surface area contributed by atoms with Crippen molar-refractivity contribution in [2.75, 3.05) is 12.5 Å². The van der Waals surface area contributed by atoms with E-state index in [9.17, 15) is 9.59 Å². The highest BCUT2D eigenvalue weighted by Gasteiger charge is 2.17. The number of rotatable bonds is 5. The van der Waals surface area contributed by atoms with Gasteiger partial charge in [-0.15, -0.1) is 11.6 Å². The summed E-state index contributed by atoms with van der Waals surface area (Å²) in [7, 11) is 0. The number of benzene rings is 1. The molecule has 0 spiro atoms. The predicted octanol–water partition coefficient (Wildman–Crippen LogP) is 2.82. The van der Waals surface area contributed by atoms with Crippen LogP contribution in [0.25, 0.3) is 0 Å². The zero-order valence-corrected chi connectivity index (χ0v) is 12.2. The second-order valence-electron chi connectivity index (χ2n) is 3.34. The fraction of sp³-hybridized carbons (Fsp3) is 0.333. The van der Waals surface area contributed by atoms with Crippen LogP contribution in [0.15, 0.2) is 18.2 Å². The van der Waals surface area contributed by atoms with Crippen LogP contribution in [-0.4, -0.2) is 24.2 Å². The lowest BCUT2D eigenvalue weighted by Gasteiger charge is -2.09. The highest BCUT2D eigenvalue weighted by Crippen LogP contribution is 2.19. The Bertz CT molecular complexity index is 432. The topological polar surface area (TPSA) is 43.4 Å². The van der Waals surface area contributed by atoms with Gasteiger partial charge in [0.15, 0.2) is 5.78 Å². The number of ether oxygens (including phenoxy) is 1. The second-order valence-corrected chi connectivity index (χ2v) is 4.77. The van der Waals surface area contributed by atoms with Crippen molar-refractivity contribution in [2.24, 2.45) is 0 Å². The maximum atomic E-state index is 11.8. The molecule has 0 atom stereocenters. The van der Waals surface area contributed by atoms with Crippen LogP contribution < -0.4 is 0 Å². The zero-order valence-electron chi connectivity index (χ0n) is 9.33. The monoisotopic (exact) mass is 366 g/mol. The van der Waals surface area contributed by atoms with E-state index in [1.165, 1.54) is 0 Å². The molecule has 0 unspecified atom stereocenters. The van der Waals surface area contributed by atoms with E-state index in [1.54, 1.807) is 19.1 Å². The molecule has 0 amide bonds. The summed E-state index contributed by atoms with van der Waals surface area (Å²) >= 11 is 7.52. The number of hydrogen-bond acceptors (Lipinski definition) is 3. The van der Waals surface area contributed by atoms with Crippen molar-refractivity contribution in [1.82, 2.24) is 0 Å². The first-order chi connectivity index (χ1) is 8.10. The molecule has 0 fully saturated rings. The van der Waals surface area contributed by atoms with Crippen molar-refractivity contribution >= 4 is 45.9 Å². The molecule has 0 aliphatic rings. The third kappa shape index (κ3) is 3.96. The van der Waals surface area contributed by atoms with Gasteiger partial charge in [0.2, 0.25) is 0 Å². The molecule has 0 aliphatic carbocycles. The summed E-state index contributed by atoms with van der Waals surface area (Å²) in [5.74, 6) is -0.553. The maximum Gasteiger partial charge on any atom is 0.339 e. The van der Waals surface area contributed by atoms with Gasteiger partial charge in [-0.05, 0) is 41.1 Å². The van der Waals surface area contributed by atoms with E-state index in [2.05, 4.69) is 22.6 Å². The number of halogens is 2. The molecule has 0 radical (unpaired) electrons. The van der Waals surface area contributed by atoms with E-state index in [-0.39, 0.29) is 18.1 Å². The Kier molecular flexibility index (Phi) is 5.91. The van der Waals surface area contributed by atoms with E-state index >= 15 is 0 Å². The number of esters is 1. The molecule has 0 bridgehead atoms. The van der Waals surface area contributed by atoms with Gasteiger partial charge >= 0.3 is 5.97 Å². The SMILES string of the molecule is CCOC(=O)c1c(I)cccc1CC(=O)CCl. The fourth-order valence-electron chi connectivity index (χ4n) is 1.41. The predicted molar refractivity (Wildman–Crippen MR) is 74.5 cm³/mol. The van der Waals surface area contributed by atoms with Crippen LogP contribution >= 0.6 is 34.2 Å². The van der Waals surface area contributed by atoms with Crippen LogP contribution in [-0.2, 0) is 16.0 Å². The minimum absolute atomic E-state index is 0.0479. The van der Waals surface area contributed by atoms with Crippen LogP contribution in [0.5, 0.6) is 0 Å². The molecule has 0 aromatic heterocycles. The van der Waals surface area contributed by atoms with Crippen molar-refractivity contribution in [1.29, 1.82) is 0 Å². The van der Waals surface area contributed by atoms with Crippen molar-refractivity contribution in [2.45, 2.75) is 13.3 Å². The zero-order chi connectivity index (χ0) is 12.8. The molecule has 1 rings (SSSR count). The van der Waals surface area contributed by atoms with Crippen LogP contribution in [0.3, 0.4) is 0 Å². The Morgan fingerprint density at radius 1 is 1.41 bits per heavy atom. The summed E-state index contributed by atoms with van der Waals surface area (Å²) in [4.78, 5) is 23.1. The minimum Gasteiger partial charge on any atom is -0.462 e. The van der Waals surface area contributed by atoms with Crippen molar-refractivity contribution in [3.05, 3.63) is 32.9 Å². The van der Waals surface area contributed by atoms with E-state index in [0.29, 0.717) is 17.7 Å². The average Bonchev–Trinajstić information content (AvgIpc) is 2.29. The molecular weight excluding hydrogens is 354 g/mol. The molecule has 1 aromatic rings. The average molecular weight is 367 g/mol. The van der Waals surface area contributed by atoms with Gasteiger partial charge in [-0.2, -0.15) is 0 Å². The Hall–Kier alpha value is -0.620. The fourth-order valence-corrected chi connectivity index (χ4v) is 2.28. The first-order valence-corrected chi connectivity index (χ1v) is 6.73. The van der Waals surface area contributed by atoms with Gasteiger partial charge in [0, 0.05) is 9.99 Å². The highest BCUT2D eigenvalue weighted by atomic mass is 127. The molecule has 0 N–H and O–H groups in total. The summed E-state index contributed by atoms with van der Waals surface area (Å²) in [6, 6.07) is 5.36. The van der Waals surface area contributed by atoms with Gasteiger partial charge in [-0.25, -0.2) is 4.79 Å². The summed E-state index contributed by atoms with van der Waals surface area (Å²) in [5.41, 5.74) is 1.13. The van der Waals surface area contributed by atoms with Gasteiger partial charge in [-0.1, -0.05) is 12.1 Å². The third-order valence-corrected chi connectivity index (χ3v) is 3.31. The molecule has 5 heteroatoms. The lowest BCUT2D eigenvalue weighted by Crippen LogP contribution is -2.13. The van der Waals surface area contributed by atoms with Gasteiger partial charge in [0.25, 0.3) is 0 Å². The Morgan fingerprint density at radius 2 is 2.12 bits per heavy atom. The molecule has 0 saturated carbocycles. The number of carbonyl (C=O) groups is 2. The number of Topliss-reactive ketones (excluding diaryl/α,β-unsaturated/α-hetero) is 1. The van der Waals surface area contributed by atoms with Crippen LogP contribution in [0.2, 0.25) is 0 Å². The molecule has 92 valence electrons. The van der Waals surface area contributed by atoms with Crippen LogP contribution in [0.4, 0.5) is 0 Å². The normalized spacial score (nSPS) is 10.1. The molecule has 1 aromatic carbocycles. The van der Waals surface area contributed by atoms with Gasteiger partial charge in [0.1, 0.15) is 0 Å². The number of alkyl halides is 1.